The highest BCUT2D eigenvalue weighted by atomic mass is 19.2. The van der Waals surface area contributed by atoms with E-state index >= 15 is 0 Å². The van der Waals surface area contributed by atoms with Crippen LogP contribution >= 0.6 is 0 Å². The molecule has 1 fully saturated rings. The van der Waals surface area contributed by atoms with E-state index in [4.69, 9.17) is 0 Å². The molecule has 26 heavy (non-hydrogen) atoms. The maximum Gasteiger partial charge on any atom is 0.317 e. The van der Waals surface area contributed by atoms with Gasteiger partial charge in [-0.15, -0.1) is 0 Å². The van der Waals surface area contributed by atoms with E-state index < -0.39 is 28.9 Å². The van der Waals surface area contributed by atoms with Gasteiger partial charge in [0.05, 0.1) is 5.56 Å². The number of rotatable bonds is 2. The minimum atomic E-state index is -1.66. The van der Waals surface area contributed by atoms with Crippen molar-refractivity contribution in [1.82, 2.24) is 15.1 Å². The molecule has 0 unspecified atom stereocenters. The first-order valence-electron chi connectivity index (χ1n) is 8.56. The van der Waals surface area contributed by atoms with E-state index in [0.29, 0.717) is 26.1 Å². The third-order valence-corrected chi connectivity index (χ3v) is 4.11. The molecule has 2 rings (SSSR count). The highest BCUT2D eigenvalue weighted by Crippen LogP contribution is 2.18. The van der Waals surface area contributed by atoms with Crippen LogP contribution in [0, 0.1) is 22.9 Å². The van der Waals surface area contributed by atoms with Gasteiger partial charge in [0.25, 0.3) is 5.91 Å². The van der Waals surface area contributed by atoms with Crippen LogP contribution < -0.4 is 5.32 Å². The van der Waals surface area contributed by atoms with Gasteiger partial charge in [0.2, 0.25) is 0 Å². The molecular weight excluding hydrogens is 347 g/mol. The number of urea groups is 1. The Bertz CT molecular complexity index is 689. The first-order valence-corrected chi connectivity index (χ1v) is 8.56. The van der Waals surface area contributed by atoms with Gasteiger partial charge in [-0.3, -0.25) is 4.79 Å². The fourth-order valence-corrected chi connectivity index (χ4v) is 2.64. The molecule has 0 bridgehead atoms. The molecule has 0 saturated carbocycles. The van der Waals surface area contributed by atoms with Crippen LogP contribution in [0.1, 0.15) is 37.6 Å². The van der Waals surface area contributed by atoms with Crippen molar-refractivity contribution >= 4 is 11.9 Å². The lowest BCUT2D eigenvalue weighted by molar-refractivity contribution is 0.0756. The highest BCUT2D eigenvalue weighted by Gasteiger charge is 2.26. The summed E-state index contributed by atoms with van der Waals surface area (Å²) in [5.74, 6) is -5.19. The van der Waals surface area contributed by atoms with Crippen LogP contribution in [0.5, 0.6) is 0 Å². The van der Waals surface area contributed by atoms with E-state index in [9.17, 15) is 22.8 Å². The molecule has 1 aromatic rings. The van der Waals surface area contributed by atoms with Gasteiger partial charge in [0.1, 0.15) is 0 Å². The number of hydrogen-bond acceptors (Lipinski definition) is 2. The van der Waals surface area contributed by atoms with E-state index in [-0.39, 0.29) is 24.5 Å². The number of carbonyl (C=O) groups is 2. The molecule has 0 spiro atoms. The van der Waals surface area contributed by atoms with Gasteiger partial charge in [-0.2, -0.15) is 0 Å². The zero-order valence-electron chi connectivity index (χ0n) is 15.2. The molecule has 8 heteroatoms. The summed E-state index contributed by atoms with van der Waals surface area (Å²) in [4.78, 5) is 27.6. The molecule has 144 valence electrons. The monoisotopic (exact) mass is 371 g/mol. The summed E-state index contributed by atoms with van der Waals surface area (Å²) in [6.07, 6.45) is 0.514. The normalized spacial score (nSPS) is 15.6. The Morgan fingerprint density at radius 1 is 1.00 bits per heavy atom. The molecule has 0 atom stereocenters. The molecule has 1 aliphatic rings. The Morgan fingerprint density at radius 3 is 2.27 bits per heavy atom. The predicted octanol–water partition coefficient (Wildman–Crippen LogP) is 3.01. The number of halogens is 3. The molecule has 1 heterocycles. The van der Waals surface area contributed by atoms with Crippen molar-refractivity contribution in [3.8, 4) is 0 Å². The third kappa shape index (κ3) is 4.89. The second-order valence-electron chi connectivity index (χ2n) is 7.58. The largest absolute Gasteiger partial charge is 0.337 e. The smallest absolute Gasteiger partial charge is 0.317 e. The summed E-state index contributed by atoms with van der Waals surface area (Å²) in [6, 6.07) is 1.46. The van der Waals surface area contributed by atoms with Crippen molar-refractivity contribution < 1.29 is 22.8 Å². The topological polar surface area (TPSA) is 52.7 Å². The lowest BCUT2D eigenvalue weighted by atomic mass is 9.97. The van der Waals surface area contributed by atoms with Gasteiger partial charge >= 0.3 is 6.03 Å². The van der Waals surface area contributed by atoms with Crippen molar-refractivity contribution in [2.45, 2.75) is 27.2 Å². The number of nitrogens with one attached hydrogen (secondary N) is 1. The molecular formula is C18H24F3N3O2. The van der Waals surface area contributed by atoms with E-state index in [2.05, 4.69) is 5.32 Å². The van der Waals surface area contributed by atoms with Gasteiger partial charge in [-0.1, -0.05) is 20.8 Å². The number of carbonyl (C=O) groups excluding carboxylic acids is 2. The first kappa shape index (κ1) is 20.1. The van der Waals surface area contributed by atoms with Crippen LogP contribution in [-0.2, 0) is 0 Å². The van der Waals surface area contributed by atoms with Crippen molar-refractivity contribution in [2.24, 2.45) is 5.41 Å². The number of nitrogens with zero attached hydrogens (tertiary/aromatic N) is 2. The van der Waals surface area contributed by atoms with E-state index in [1.54, 1.807) is 4.90 Å². The maximum absolute atomic E-state index is 13.8. The van der Waals surface area contributed by atoms with Crippen LogP contribution in [0.15, 0.2) is 12.1 Å². The van der Waals surface area contributed by atoms with E-state index in [1.165, 1.54) is 4.90 Å². The molecule has 1 aliphatic heterocycles. The zero-order valence-corrected chi connectivity index (χ0v) is 15.2. The van der Waals surface area contributed by atoms with Crippen molar-refractivity contribution in [2.75, 3.05) is 32.7 Å². The number of benzene rings is 1. The van der Waals surface area contributed by atoms with Gasteiger partial charge in [0.15, 0.2) is 17.5 Å². The molecule has 0 aliphatic carbocycles. The second kappa shape index (κ2) is 7.97. The number of hydrogen-bond donors (Lipinski definition) is 1. The summed E-state index contributed by atoms with van der Waals surface area (Å²) in [5, 5.41) is 2.85. The Labute approximate surface area is 151 Å². The van der Waals surface area contributed by atoms with Gasteiger partial charge in [-0.25, -0.2) is 18.0 Å². The van der Waals surface area contributed by atoms with Gasteiger partial charge in [0, 0.05) is 32.7 Å². The maximum atomic E-state index is 13.8. The summed E-state index contributed by atoms with van der Waals surface area (Å²) < 4.78 is 40.3. The highest BCUT2D eigenvalue weighted by molar-refractivity contribution is 5.94. The molecule has 1 N–H and O–H groups in total. The van der Waals surface area contributed by atoms with E-state index in [0.717, 1.165) is 12.1 Å². The molecule has 3 amide bonds. The second-order valence-corrected chi connectivity index (χ2v) is 7.58. The lowest BCUT2D eigenvalue weighted by Gasteiger charge is -2.25. The minimum absolute atomic E-state index is 0.0479. The van der Waals surface area contributed by atoms with E-state index in [1.807, 2.05) is 20.8 Å². The van der Waals surface area contributed by atoms with Crippen LogP contribution in [0.25, 0.3) is 0 Å². The lowest BCUT2D eigenvalue weighted by Crippen LogP contribution is -2.44. The SMILES string of the molecule is CC(C)(C)CNC(=O)N1CCCN(C(=O)c2ccc(F)c(F)c2F)CC1. The van der Waals surface area contributed by atoms with Crippen LogP contribution in [0.4, 0.5) is 18.0 Å². The molecule has 5 nitrogen and oxygen atoms in total. The predicted molar refractivity (Wildman–Crippen MR) is 91.3 cm³/mol. The molecule has 1 aromatic carbocycles. The fraction of sp³-hybridized carbons (Fsp3) is 0.556. The van der Waals surface area contributed by atoms with Crippen molar-refractivity contribution in [1.29, 1.82) is 0 Å². The third-order valence-electron chi connectivity index (χ3n) is 4.11. The quantitative estimate of drug-likeness (QED) is 0.813. The number of amides is 3. The van der Waals surface area contributed by atoms with Gasteiger partial charge < -0.3 is 15.1 Å². The summed E-state index contributed by atoms with van der Waals surface area (Å²) in [7, 11) is 0. The molecule has 1 saturated heterocycles. The minimum Gasteiger partial charge on any atom is -0.337 e. The van der Waals surface area contributed by atoms with Gasteiger partial charge in [-0.05, 0) is 24.0 Å². The van der Waals surface area contributed by atoms with Crippen molar-refractivity contribution in [3.05, 3.63) is 35.1 Å². The summed E-state index contributed by atoms with van der Waals surface area (Å²) in [6.45, 7) is 7.78. The Morgan fingerprint density at radius 2 is 1.62 bits per heavy atom. The van der Waals surface area contributed by atoms with Crippen LogP contribution in [0.2, 0.25) is 0 Å². The molecule has 0 radical (unpaired) electrons. The zero-order chi connectivity index (χ0) is 19.5. The Kier molecular flexibility index (Phi) is 6.15. The average Bonchev–Trinajstić information content (AvgIpc) is 2.82. The first-order chi connectivity index (χ1) is 12.1. The summed E-state index contributed by atoms with van der Waals surface area (Å²) in [5.41, 5.74) is -0.553. The average molecular weight is 371 g/mol. The Balaban J connectivity index is 2.01. The van der Waals surface area contributed by atoms with Crippen molar-refractivity contribution in [3.63, 3.8) is 0 Å². The van der Waals surface area contributed by atoms with Crippen LogP contribution in [-0.4, -0.2) is 54.5 Å². The molecule has 0 aromatic heterocycles. The Hall–Kier alpha value is -2.25. The van der Waals surface area contributed by atoms with Crippen LogP contribution in [0.3, 0.4) is 0 Å². The fourth-order valence-electron chi connectivity index (χ4n) is 2.64. The standard InChI is InChI=1S/C18H24F3N3O2/c1-18(2,3)11-22-17(26)24-8-4-7-23(9-10-24)16(25)12-5-6-13(19)15(21)14(12)20/h5-6H,4,7-11H2,1-3H3,(H,22,26). The summed E-state index contributed by atoms with van der Waals surface area (Å²) >= 11 is 0.